The highest BCUT2D eigenvalue weighted by atomic mass is 35.5. The standard InChI is InChI=1S/C8H13ClO5/c1-6(9)14-8(10)13-5-7-4-11-2-3-12-7/h6-7H,2-5H2,1H3/t6?,7-/m1/s1. The van der Waals surface area contributed by atoms with Crippen LogP contribution >= 0.6 is 11.6 Å². The molecule has 0 amide bonds. The molecule has 0 aromatic carbocycles. The molecule has 0 spiro atoms. The van der Waals surface area contributed by atoms with Gasteiger partial charge in [-0.3, -0.25) is 0 Å². The number of ether oxygens (including phenoxy) is 4. The van der Waals surface area contributed by atoms with E-state index in [1.54, 1.807) is 0 Å². The SMILES string of the molecule is CC(Cl)OC(=O)OC[C@H]1COCCO1. The lowest BCUT2D eigenvalue weighted by Gasteiger charge is -2.22. The first kappa shape index (κ1) is 11.6. The number of carbonyl (C=O) groups excluding carboxylic acids is 1. The predicted molar refractivity (Wildman–Crippen MR) is 48.3 cm³/mol. The summed E-state index contributed by atoms with van der Waals surface area (Å²) in [6.07, 6.45) is -0.997. The lowest BCUT2D eigenvalue weighted by atomic mass is 10.4. The first-order chi connectivity index (χ1) is 6.68. The van der Waals surface area contributed by atoms with Crippen LogP contribution in [0.5, 0.6) is 0 Å². The predicted octanol–water partition coefficient (Wildman–Crippen LogP) is 1.14. The molecule has 6 heteroatoms. The highest BCUT2D eigenvalue weighted by Crippen LogP contribution is 2.03. The molecule has 14 heavy (non-hydrogen) atoms. The van der Waals surface area contributed by atoms with Crippen LogP contribution in [0.3, 0.4) is 0 Å². The lowest BCUT2D eigenvalue weighted by molar-refractivity contribution is -0.110. The van der Waals surface area contributed by atoms with Gasteiger partial charge in [-0.2, -0.15) is 0 Å². The third kappa shape index (κ3) is 4.64. The van der Waals surface area contributed by atoms with Gasteiger partial charge in [0.25, 0.3) is 0 Å². The Labute approximate surface area is 87.2 Å². The molecule has 5 nitrogen and oxygen atoms in total. The second-order valence-electron chi connectivity index (χ2n) is 2.79. The van der Waals surface area contributed by atoms with E-state index in [0.29, 0.717) is 19.8 Å². The molecule has 1 rings (SSSR count). The summed E-state index contributed by atoms with van der Waals surface area (Å²) < 4.78 is 19.6. The van der Waals surface area contributed by atoms with Crippen molar-refractivity contribution in [1.82, 2.24) is 0 Å². The molecule has 1 unspecified atom stereocenters. The number of halogens is 1. The molecule has 0 saturated carbocycles. The Morgan fingerprint density at radius 3 is 3.00 bits per heavy atom. The average Bonchev–Trinajstić information content (AvgIpc) is 2.15. The average molecular weight is 225 g/mol. The van der Waals surface area contributed by atoms with E-state index in [-0.39, 0.29) is 12.7 Å². The van der Waals surface area contributed by atoms with E-state index in [4.69, 9.17) is 25.8 Å². The van der Waals surface area contributed by atoms with Gasteiger partial charge in [0.15, 0.2) is 5.56 Å². The van der Waals surface area contributed by atoms with Gasteiger partial charge < -0.3 is 18.9 Å². The zero-order valence-electron chi connectivity index (χ0n) is 7.90. The van der Waals surface area contributed by atoms with Gasteiger partial charge in [0.2, 0.25) is 0 Å². The van der Waals surface area contributed by atoms with Gasteiger partial charge in [-0.05, 0) is 6.92 Å². The van der Waals surface area contributed by atoms with E-state index in [9.17, 15) is 4.79 Å². The van der Waals surface area contributed by atoms with Crippen LogP contribution in [-0.4, -0.2) is 44.3 Å². The van der Waals surface area contributed by atoms with E-state index >= 15 is 0 Å². The fourth-order valence-electron chi connectivity index (χ4n) is 0.960. The second-order valence-corrected chi connectivity index (χ2v) is 3.40. The van der Waals surface area contributed by atoms with Gasteiger partial charge in [-0.1, -0.05) is 11.6 Å². The molecule has 0 aromatic rings. The van der Waals surface area contributed by atoms with Crippen LogP contribution in [0, 0.1) is 0 Å². The van der Waals surface area contributed by atoms with Crippen molar-refractivity contribution >= 4 is 17.8 Å². The molecule has 0 bridgehead atoms. The lowest BCUT2D eigenvalue weighted by Crippen LogP contribution is -2.33. The van der Waals surface area contributed by atoms with Crippen molar-refractivity contribution in [2.24, 2.45) is 0 Å². The van der Waals surface area contributed by atoms with Gasteiger partial charge in [-0.25, -0.2) is 4.79 Å². The van der Waals surface area contributed by atoms with Crippen LogP contribution in [0.15, 0.2) is 0 Å². The third-order valence-corrected chi connectivity index (χ3v) is 1.62. The minimum Gasteiger partial charge on any atom is -0.431 e. The maximum absolute atomic E-state index is 10.9. The van der Waals surface area contributed by atoms with Gasteiger partial charge in [0.05, 0.1) is 19.8 Å². The minimum absolute atomic E-state index is 0.127. The Bertz CT molecular complexity index is 179. The van der Waals surface area contributed by atoms with Crippen LogP contribution in [0.1, 0.15) is 6.92 Å². The molecular formula is C8H13ClO5. The summed E-state index contributed by atoms with van der Waals surface area (Å²) in [5, 5.41) is 0. The van der Waals surface area contributed by atoms with E-state index in [0.717, 1.165) is 0 Å². The van der Waals surface area contributed by atoms with Gasteiger partial charge in [0, 0.05) is 0 Å². The van der Waals surface area contributed by atoms with Gasteiger partial charge >= 0.3 is 6.16 Å². The summed E-state index contributed by atoms with van der Waals surface area (Å²) in [5.74, 6) is 0. The smallest absolute Gasteiger partial charge is 0.431 e. The fourth-order valence-corrected chi connectivity index (χ4v) is 1.03. The maximum atomic E-state index is 10.9. The molecule has 1 aliphatic heterocycles. The van der Waals surface area contributed by atoms with Crippen molar-refractivity contribution in [3.05, 3.63) is 0 Å². The summed E-state index contributed by atoms with van der Waals surface area (Å²) >= 11 is 5.42. The molecule has 0 aliphatic carbocycles. The van der Waals surface area contributed by atoms with E-state index < -0.39 is 11.7 Å². The largest absolute Gasteiger partial charge is 0.509 e. The molecule has 0 N–H and O–H groups in total. The van der Waals surface area contributed by atoms with E-state index in [1.807, 2.05) is 0 Å². The molecule has 1 aliphatic rings. The minimum atomic E-state index is -0.790. The molecule has 82 valence electrons. The molecule has 2 atom stereocenters. The van der Waals surface area contributed by atoms with E-state index in [1.165, 1.54) is 6.92 Å². The summed E-state index contributed by atoms with van der Waals surface area (Å²) in [4.78, 5) is 10.9. The summed E-state index contributed by atoms with van der Waals surface area (Å²) in [6, 6.07) is 0. The molecule has 1 heterocycles. The Kier molecular flexibility index (Phi) is 5.00. The number of alkyl halides is 1. The molecule has 1 fully saturated rings. The van der Waals surface area contributed by atoms with Gasteiger partial charge in [-0.15, -0.1) is 0 Å². The molecule has 1 saturated heterocycles. The first-order valence-corrected chi connectivity index (χ1v) is 4.79. The fraction of sp³-hybridized carbons (Fsp3) is 0.875. The number of hydrogen-bond donors (Lipinski definition) is 0. The Morgan fingerprint density at radius 1 is 1.64 bits per heavy atom. The second kappa shape index (κ2) is 6.06. The number of rotatable bonds is 3. The first-order valence-electron chi connectivity index (χ1n) is 4.35. The number of hydrogen-bond acceptors (Lipinski definition) is 5. The normalized spacial score (nSPS) is 24.0. The Balaban J connectivity index is 2.09. The van der Waals surface area contributed by atoms with Crippen molar-refractivity contribution in [1.29, 1.82) is 0 Å². The van der Waals surface area contributed by atoms with Crippen molar-refractivity contribution in [2.75, 3.05) is 26.4 Å². The topological polar surface area (TPSA) is 54.0 Å². The van der Waals surface area contributed by atoms with Crippen molar-refractivity contribution < 1.29 is 23.7 Å². The highest BCUT2D eigenvalue weighted by molar-refractivity contribution is 6.19. The zero-order valence-corrected chi connectivity index (χ0v) is 8.66. The third-order valence-electron chi connectivity index (χ3n) is 1.53. The maximum Gasteiger partial charge on any atom is 0.509 e. The Morgan fingerprint density at radius 2 is 2.43 bits per heavy atom. The van der Waals surface area contributed by atoms with Crippen LogP contribution < -0.4 is 0 Å². The van der Waals surface area contributed by atoms with Crippen LogP contribution in [0.4, 0.5) is 4.79 Å². The van der Waals surface area contributed by atoms with Crippen LogP contribution in [0.25, 0.3) is 0 Å². The van der Waals surface area contributed by atoms with Crippen LogP contribution in [0.2, 0.25) is 0 Å². The number of carbonyl (C=O) groups is 1. The molecule has 0 aromatic heterocycles. The quantitative estimate of drug-likeness (QED) is 0.532. The van der Waals surface area contributed by atoms with Crippen molar-refractivity contribution in [3.63, 3.8) is 0 Å². The Hall–Kier alpha value is -0.520. The molecular weight excluding hydrogens is 212 g/mol. The van der Waals surface area contributed by atoms with Gasteiger partial charge in [0.1, 0.15) is 12.7 Å². The van der Waals surface area contributed by atoms with Crippen molar-refractivity contribution in [3.8, 4) is 0 Å². The zero-order chi connectivity index (χ0) is 10.4. The highest BCUT2D eigenvalue weighted by Gasteiger charge is 2.17. The summed E-state index contributed by atoms with van der Waals surface area (Å²) in [7, 11) is 0. The monoisotopic (exact) mass is 224 g/mol. The van der Waals surface area contributed by atoms with E-state index in [2.05, 4.69) is 4.74 Å². The van der Waals surface area contributed by atoms with Crippen LogP contribution in [-0.2, 0) is 18.9 Å². The summed E-state index contributed by atoms with van der Waals surface area (Å²) in [6.45, 7) is 3.20. The van der Waals surface area contributed by atoms with Crippen molar-refractivity contribution in [2.45, 2.75) is 18.6 Å². The molecule has 0 radical (unpaired) electrons. The summed E-state index contributed by atoms with van der Waals surface area (Å²) in [5.41, 5.74) is -0.689.